The van der Waals surface area contributed by atoms with Crippen LogP contribution in [0.2, 0.25) is 0 Å². The molecule has 104 valence electrons. The lowest BCUT2D eigenvalue weighted by atomic mass is 9.75. The summed E-state index contributed by atoms with van der Waals surface area (Å²) in [6, 6.07) is 0. The predicted molar refractivity (Wildman–Crippen MR) is 68.8 cm³/mol. The highest BCUT2D eigenvalue weighted by Crippen LogP contribution is 2.32. The van der Waals surface area contributed by atoms with E-state index in [1.807, 2.05) is 27.7 Å². The van der Waals surface area contributed by atoms with E-state index in [1.165, 1.54) is 6.92 Å². The summed E-state index contributed by atoms with van der Waals surface area (Å²) in [5.41, 5.74) is 4.96. The summed E-state index contributed by atoms with van der Waals surface area (Å²) in [5.74, 6) is 0.519. The Morgan fingerprint density at radius 2 is 1.78 bits per heavy atom. The van der Waals surface area contributed by atoms with Gasteiger partial charge >= 0.3 is 0 Å². The molecule has 18 heavy (non-hydrogen) atoms. The Labute approximate surface area is 108 Å². The standard InChI is InChI=1S/C11H21N3O3S/c1-7(18(6,15)16)8-13-9(17-14-8)10(2,3)11(4,5)12/h7H,12H2,1-6H3. The molecule has 6 nitrogen and oxygen atoms in total. The van der Waals surface area contributed by atoms with Crippen LogP contribution in [-0.4, -0.2) is 30.4 Å². The van der Waals surface area contributed by atoms with Crippen LogP contribution in [0.5, 0.6) is 0 Å². The molecular weight excluding hydrogens is 254 g/mol. The first-order chi connectivity index (χ1) is 7.87. The van der Waals surface area contributed by atoms with Gasteiger partial charge in [0, 0.05) is 11.8 Å². The van der Waals surface area contributed by atoms with E-state index < -0.39 is 26.0 Å². The molecule has 0 spiro atoms. The zero-order valence-corrected chi connectivity index (χ0v) is 12.5. The highest BCUT2D eigenvalue weighted by molar-refractivity contribution is 7.90. The van der Waals surface area contributed by atoms with Gasteiger partial charge in [-0.15, -0.1) is 0 Å². The van der Waals surface area contributed by atoms with Gasteiger partial charge in [0.05, 0.1) is 5.41 Å². The molecule has 1 rings (SSSR count). The fraction of sp³-hybridized carbons (Fsp3) is 0.818. The first-order valence-electron chi connectivity index (χ1n) is 5.69. The fourth-order valence-corrected chi connectivity index (χ4v) is 1.60. The van der Waals surface area contributed by atoms with E-state index >= 15 is 0 Å². The number of rotatable bonds is 4. The summed E-state index contributed by atoms with van der Waals surface area (Å²) in [6.45, 7) is 9.02. The molecule has 0 aliphatic heterocycles. The molecule has 0 aliphatic rings. The van der Waals surface area contributed by atoms with Crippen LogP contribution < -0.4 is 5.73 Å². The van der Waals surface area contributed by atoms with Crippen LogP contribution in [0.1, 0.15) is 51.6 Å². The van der Waals surface area contributed by atoms with Gasteiger partial charge in [-0.1, -0.05) is 5.16 Å². The Hall–Kier alpha value is -0.950. The number of aromatic nitrogens is 2. The number of hydrogen-bond acceptors (Lipinski definition) is 6. The second-order valence-electron chi connectivity index (χ2n) is 5.78. The molecule has 2 N–H and O–H groups in total. The Morgan fingerprint density at radius 1 is 1.28 bits per heavy atom. The van der Waals surface area contributed by atoms with E-state index in [-0.39, 0.29) is 5.82 Å². The van der Waals surface area contributed by atoms with Crippen molar-refractivity contribution >= 4 is 9.84 Å². The Morgan fingerprint density at radius 3 is 2.17 bits per heavy atom. The predicted octanol–water partition coefficient (Wildman–Crippen LogP) is 1.19. The van der Waals surface area contributed by atoms with Gasteiger partial charge in [0.15, 0.2) is 15.7 Å². The molecule has 0 saturated heterocycles. The summed E-state index contributed by atoms with van der Waals surface area (Å²) >= 11 is 0. The normalized spacial score (nSPS) is 15.7. The van der Waals surface area contributed by atoms with Crippen molar-refractivity contribution in [1.29, 1.82) is 0 Å². The maximum absolute atomic E-state index is 11.4. The third-order valence-electron chi connectivity index (χ3n) is 3.59. The average molecular weight is 275 g/mol. The van der Waals surface area contributed by atoms with E-state index in [0.29, 0.717) is 5.89 Å². The minimum absolute atomic E-state index is 0.171. The number of sulfone groups is 1. The molecule has 0 aromatic carbocycles. The first kappa shape index (κ1) is 15.1. The van der Waals surface area contributed by atoms with Crippen molar-refractivity contribution in [2.24, 2.45) is 5.73 Å². The summed E-state index contributed by atoms with van der Waals surface area (Å²) in [4.78, 5) is 4.18. The van der Waals surface area contributed by atoms with E-state index in [1.54, 1.807) is 0 Å². The quantitative estimate of drug-likeness (QED) is 0.886. The van der Waals surface area contributed by atoms with Crippen molar-refractivity contribution in [2.45, 2.75) is 50.8 Å². The van der Waals surface area contributed by atoms with E-state index in [2.05, 4.69) is 10.1 Å². The van der Waals surface area contributed by atoms with Gasteiger partial charge in [-0.3, -0.25) is 0 Å². The molecule has 1 unspecified atom stereocenters. The monoisotopic (exact) mass is 275 g/mol. The maximum Gasteiger partial charge on any atom is 0.234 e. The van der Waals surface area contributed by atoms with E-state index in [4.69, 9.17) is 10.3 Å². The van der Waals surface area contributed by atoms with Crippen molar-refractivity contribution in [3.05, 3.63) is 11.7 Å². The number of nitrogens with zero attached hydrogens (tertiary/aromatic N) is 2. The summed E-state index contributed by atoms with van der Waals surface area (Å²) in [5, 5.41) is 2.96. The molecule has 0 fully saturated rings. The van der Waals surface area contributed by atoms with Gasteiger partial charge in [0.1, 0.15) is 5.25 Å². The lowest BCUT2D eigenvalue weighted by Crippen LogP contribution is -2.50. The number of nitrogens with two attached hydrogens (primary N) is 1. The molecule has 0 bridgehead atoms. The van der Waals surface area contributed by atoms with Gasteiger partial charge < -0.3 is 10.3 Å². The topological polar surface area (TPSA) is 99.1 Å². The molecule has 0 saturated carbocycles. The zero-order chi connectivity index (χ0) is 14.4. The van der Waals surface area contributed by atoms with Crippen molar-refractivity contribution < 1.29 is 12.9 Å². The average Bonchev–Trinajstić information content (AvgIpc) is 2.62. The van der Waals surface area contributed by atoms with Gasteiger partial charge in [-0.25, -0.2) is 8.42 Å². The van der Waals surface area contributed by atoms with Crippen LogP contribution in [0.15, 0.2) is 4.52 Å². The molecular formula is C11H21N3O3S. The summed E-state index contributed by atoms with van der Waals surface area (Å²) in [6.07, 6.45) is 1.14. The first-order valence-corrected chi connectivity index (χ1v) is 7.64. The molecule has 1 heterocycles. The molecule has 1 atom stereocenters. The molecule has 0 aliphatic carbocycles. The van der Waals surface area contributed by atoms with Crippen LogP contribution in [-0.2, 0) is 15.3 Å². The fourth-order valence-electron chi connectivity index (χ4n) is 1.12. The Balaban J connectivity index is 3.16. The third kappa shape index (κ3) is 2.72. The van der Waals surface area contributed by atoms with Gasteiger partial charge in [0.25, 0.3) is 0 Å². The van der Waals surface area contributed by atoms with Crippen LogP contribution in [0.4, 0.5) is 0 Å². The number of hydrogen-bond donors (Lipinski definition) is 1. The molecule has 7 heteroatoms. The van der Waals surface area contributed by atoms with Crippen LogP contribution in [0.25, 0.3) is 0 Å². The van der Waals surface area contributed by atoms with Crippen LogP contribution in [0, 0.1) is 0 Å². The summed E-state index contributed by atoms with van der Waals surface area (Å²) < 4.78 is 28.0. The molecule has 1 aromatic rings. The van der Waals surface area contributed by atoms with Crippen LogP contribution in [0.3, 0.4) is 0 Å². The van der Waals surface area contributed by atoms with Crippen molar-refractivity contribution in [3.8, 4) is 0 Å². The summed E-state index contributed by atoms with van der Waals surface area (Å²) in [7, 11) is -3.24. The minimum Gasteiger partial charge on any atom is -0.339 e. The highest BCUT2D eigenvalue weighted by atomic mass is 32.2. The molecule has 0 radical (unpaired) electrons. The SMILES string of the molecule is CC(c1noc(C(C)(C)C(C)(C)N)n1)S(C)(=O)=O. The van der Waals surface area contributed by atoms with Gasteiger partial charge in [0.2, 0.25) is 5.89 Å². The van der Waals surface area contributed by atoms with Crippen molar-refractivity contribution in [2.75, 3.05) is 6.26 Å². The molecule has 0 amide bonds. The van der Waals surface area contributed by atoms with E-state index in [9.17, 15) is 8.42 Å². The lowest BCUT2D eigenvalue weighted by Gasteiger charge is -2.34. The van der Waals surface area contributed by atoms with Crippen molar-refractivity contribution in [3.63, 3.8) is 0 Å². The van der Waals surface area contributed by atoms with Gasteiger partial charge in [-0.05, 0) is 34.6 Å². The van der Waals surface area contributed by atoms with Gasteiger partial charge in [-0.2, -0.15) is 4.98 Å². The Kier molecular flexibility index (Phi) is 3.62. The maximum atomic E-state index is 11.4. The largest absolute Gasteiger partial charge is 0.339 e. The third-order valence-corrected chi connectivity index (χ3v) is 5.09. The lowest BCUT2D eigenvalue weighted by molar-refractivity contribution is 0.222. The smallest absolute Gasteiger partial charge is 0.234 e. The zero-order valence-electron chi connectivity index (χ0n) is 11.7. The second-order valence-corrected chi connectivity index (χ2v) is 8.14. The van der Waals surface area contributed by atoms with Crippen LogP contribution >= 0.6 is 0 Å². The highest BCUT2D eigenvalue weighted by Gasteiger charge is 2.40. The Bertz CT molecular complexity index is 526. The second kappa shape index (κ2) is 4.31. The molecule has 1 aromatic heterocycles. The van der Waals surface area contributed by atoms with Crippen molar-refractivity contribution in [1.82, 2.24) is 10.1 Å². The minimum atomic E-state index is -3.24. The van der Waals surface area contributed by atoms with E-state index in [0.717, 1.165) is 6.26 Å².